The first-order chi connectivity index (χ1) is 6.79. The third kappa shape index (κ3) is 1.75. The molecule has 1 aromatic rings. The van der Waals surface area contributed by atoms with E-state index in [1.165, 1.54) is 12.1 Å². The summed E-state index contributed by atoms with van der Waals surface area (Å²) in [6.07, 6.45) is 0. The number of hydrogen-bond acceptors (Lipinski definition) is 3. The molecule has 3 nitrogen and oxygen atoms in total. The summed E-state index contributed by atoms with van der Waals surface area (Å²) in [6, 6.07) is 5.73. The minimum atomic E-state index is -0.286. The van der Waals surface area contributed by atoms with Crippen LogP contribution in [-0.2, 0) is 4.74 Å². The van der Waals surface area contributed by atoms with E-state index in [1.54, 1.807) is 12.1 Å². The van der Waals surface area contributed by atoms with E-state index in [0.29, 0.717) is 12.5 Å². The molecular weight excluding hydrogens is 185 g/mol. The second-order valence-electron chi connectivity index (χ2n) is 3.09. The summed E-state index contributed by atoms with van der Waals surface area (Å²) in [7, 11) is 0. The number of halogens is 1. The highest BCUT2D eigenvalue weighted by Gasteiger charge is 2.18. The van der Waals surface area contributed by atoms with E-state index in [9.17, 15) is 4.39 Å². The topological polar surface area (TPSA) is 41.8 Å². The van der Waals surface area contributed by atoms with E-state index in [4.69, 9.17) is 9.84 Å². The maximum absolute atomic E-state index is 12.6. The fourth-order valence-electron chi connectivity index (χ4n) is 1.26. The van der Waals surface area contributed by atoms with Crippen LogP contribution in [0.4, 0.5) is 4.39 Å². The molecule has 4 heteroatoms. The highest BCUT2D eigenvalue weighted by atomic mass is 19.1. The Balaban J connectivity index is 2.20. The van der Waals surface area contributed by atoms with Crippen LogP contribution in [0.1, 0.15) is 5.56 Å². The monoisotopic (exact) mass is 195 g/mol. The van der Waals surface area contributed by atoms with Crippen molar-refractivity contribution in [1.29, 1.82) is 0 Å². The molecule has 2 rings (SSSR count). The largest absolute Gasteiger partial charge is 0.475 e. The van der Waals surface area contributed by atoms with E-state index >= 15 is 0 Å². The second kappa shape index (κ2) is 3.75. The van der Waals surface area contributed by atoms with Crippen LogP contribution in [-0.4, -0.2) is 30.3 Å². The van der Waals surface area contributed by atoms with Gasteiger partial charge < -0.3 is 9.84 Å². The molecule has 74 valence electrons. The lowest BCUT2D eigenvalue weighted by Crippen LogP contribution is -2.10. The number of rotatable bonds is 2. The molecule has 0 bridgehead atoms. The molecule has 0 aromatic heterocycles. The first-order valence-corrected chi connectivity index (χ1v) is 4.37. The Labute approximate surface area is 80.9 Å². The lowest BCUT2D eigenvalue weighted by atomic mass is 10.2. The Morgan fingerprint density at radius 2 is 2.14 bits per heavy atom. The highest BCUT2D eigenvalue weighted by molar-refractivity contribution is 5.95. The molecule has 1 aromatic carbocycles. The SMILES string of the molecule is OCC1COC(c2ccc(F)cc2)=N1. The summed E-state index contributed by atoms with van der Waals surface area (Å²) in [6.45, 7) is 0.369. The fourth-order valence-corrected chi connectivity index (χ4v) is 1.26. The zero-order chi connectivity index (χ0) is 9.97. The number of aliphatic hydroxyl groups excluding tert-OH is 1. The summed E-state index contributed by atoms with van der Waals surface area (Å²) in [4.78, 5) is 4.13. The van der Waals surface area contributed by atoms with Gasteiger partial charge in [0.15, 0.2) is 0 Å². The Morgan fingerprint density at radius 3 is 2.71 bits per heavy atom. The lowest BCUT2D eigenvalue weighted by molar-refractivity contribution is 0.227. The van der Waals surface area contributed by atoms with Crippen molar-refractivity contribution in [2.24, 2.45) is 4.99 Å². The van der Waals surface area contributed by atoms with Gasteiger partial charge in [-0.05, 0) is 24.3 Å². The Hall–Kier alpha value is -1.42. The van der Waals surface area contributed by atoms with Gasteiger partial charge in [-0.15, -0.1) is 0 Å². The summed E-state index contributed by atoms with van der Waals surface area (Å²) in [5.74, 6) is 0.190. The van der Waals surface area contributed by atoms with Gasteiger partial charge in [0.25, 0.3) is 0 Å². The van der Waals surface area contributed by atoms with E-state index < -0.39 is 0 Å². The molecule has 0 aliphatic carbocycles. The van der Waals surface area contributed by atoms with Crippen molar-refractivity contribution >= 4 is 5.90 Å². The molecule has 1 heterocycles. The molecule has 0 saturated carbocycles. The normalized spacial score (nSPS) is 20.4. The zero-order valence-corrected chi connectivity index (χ0v) is 7.48. The van der Waals surface area contributed by atoms with Crippen molar-refractivity contribution < 1.29 is 14.2 Å². The van der Waals surface area contributed by atoms with Crippen LogP contribution < -0.4 is 0 Å². The average Bonchev–Trinajstić information content (AvgIpc) is 2.67. The lowest BCUT2D eigenvalue weighted by Gasteiger charge is -1.99. The second-order valence-corrected chi connectivity index (χ2v) is 3.09. The van der Waals surface area contributed by atoms with Gasteiger partial charge in [0.1, 0.15) is 18.5 Å². The molecule has 0 radical (unpaired) electrons. The molecule has 1 aliphatic rings. The van der Waals surface area contributed by atoms with Crippen LogP contribution in [0.2, 0.25) is 0 Å². The smallest absolute Gasteiger partial charge is 0.216 e. The van der Waals surface area contributed by atoms with Crippen LogP contribution in [0.5, 0.6) is 0 Å². The van der Waals surface area contributed by atoms with Gasteiger partial charge in [0, 0.05) is 5.56 Å². The van der Waals surface area contributed by atoms with Crippen molar-refractivity contribution in [2.75, 3.05) is 13.2 Å². The van der Waals surface area contributed by atoms with E-state index in [2.05, 4.69) is 4.99 Å². The van der Waals surface area contributed by atoms with Gasteiger partial charge in [-0.3, -0.25) is 0 Å². The van der Waals surface area contributed by atoms with Gasteiger partial charge in [-0.2, -0.15) is 0 Å². The molecule has 0 spiro atoms. The van der Waals surface area contributed by atoms with Crippen molar-refractivity contribution in [3.8, 4) is 0 Å². The first kappa shape index (κ1) is 9.15. The van der Waals surface area contributed by atoms with Gasteiger partial charge in [-0.25, -0.2) is 9.38 Å². The molecule has 0 amide bonds. The van der Waals surface area contributed by atoms with Gasteiger partial charge >= 0.3 is 0 Å². The number of benzene rings is 1. The molecule has 0 fully saturated rings. The fraction of sp³-hybridized carbons (Fsp3) is 0.300. The summed E-state index contributed by atoms with van der Waals surface area (Å²) in [5.41, 5.74) is 0.738. The predicted octanol–water partition coefficient (Wildman–Crippen LogP) is 0.963. The Morgan fingerprint density at radius 1 is 1.43 bits per heavy atom. The molecule has 14 heavy (non-hydrogen) atoms. The maximum atomic E-state index is 12.6. The molecule has 1 atom stereocenters. The quantitative estimate of drug-likeness (QED) is 0.763. The summed E-state index contributed by atoms with van der Waals surface area (Å²) >= 11 is 0. The van der Waals surface area contributed by atoms with Crippen LogP contribution in [0, 0.1) is 5.82 Å². The zero-order valence-electron chi connectivity index (χ0n) is 7.48. The Bertz CT molecular complexity index is 348. The van der Waals surface area contributed by atoms with Crippen molar-refractivity contribution in [3.05, 3.63) is 35.6 Å². The first-order valence-electron chi connectivity index (χ1n) is 4.37. The predicted molar refractivity (Wildman–Crippen MR) is 49.8 cm³/mol. The van der Waals surface area contributed by atoms with Crippen molar-refractivity contribution in [2.45, 2.75) is 6.04 Å². The standard InChI is InChI=1S/C10H10FNO2/c11-8-3-1-7(2-4-8)10-12-9(5-13)6-14-10/h1-4,9,13H,5-6H2. The van der Waals surface area contributed by atoms with Crippen molar-refractivity contribution in [1.82, 2.24) is 0 Å². The average molecular weight is 195 g/mol. The number of aliphatic hydroxyl groups is 1. The van der Waals surface area contributed by atoms with Crippen molar-refractivity contribution in [3.63, 3.8) is 0 Å². The Kier molecular flexibility index (Phi) is 2.45. The molecule has 0 saturated heterocycles. The summed E-state index contributed by atoms with van der Waals surface area (Å²) < 4.78 is 17.8. The third-order valence-corrected chi connectivity index (χ3v) is 2.01. The number of hydrogen-bond donors (Lipinski definition) is 1. The van der Waals surface area contributed by atoms with Crippen LogP contribution >= 0.6 is 0 Å². The number of ether oxygens (including phenoxy) is 1. The van der Waals surface area contributed by atoms with Gasteiger partial charge in [-0.1, -0.05) is 0 Å². The van der Waals surface area contributed by atoms with E-state index in [1.807, 2.05) is 0 Å². The third-order valence-electron chi connectivity index (χ3n) is 2.01. The van der Waals surface area contributed by atoms with Crippen LogP contribution in [0.25, 0.3) is 0 Å². The minimum Gasteiger partial charge on any atom is -0.475 e. The number of nitrogens with zero attached hydrogens (tertiary/aromatic N) is 1. The van der Waals surface area contributed by atoms with Crippen LogP contribution in [0.3, 0.4) is 0 Å². The van der Waals surface area contributed by atoms with Gasteiger partial charge in [0.05, 0.1) is 6.61 Å². The van der Waals surface area contributed by atoms with E-state index in [0.717, 1.165) is 5.56 Å². The maximum Gasteiger partial charge on any atom is 0.216 e. The molecular formula is C10H10FNO2. The molecule has 1 aliphatic heterocycles. The highest BCUT2D eigenvalue weighted by Crippen LogP contribution is 2.12. The summed E-state index contributed by atoms with van der Waals surface area (Å²) in [5, 5.41) is 8.83. The minimum absolute atomic E-state index is 0.0231. The molecule has 1 N–H and O–H groups in total. The van der Waals surface area contributed by atoms with E-state index in [-0.39, 0.29) is 18.5 Å². The number of aliphatic imine (C=N–C) groups is 1. The van der Waals surface area contributed by atoms with Crippen LogP contribution in [0.15, 0.2) is 29.3 Å². The van der Waals surface area contributed by atoms with Gasteiger partial charge in [0.2, 0.25) is 5.90 Å². The molecule has 1 unspecified atom stereocenters.